The van der Waals surface area contributed by atoms with Gasteiger partial charge in [0.2, 0.25) is 0 Å². The van der Waals surface area contributed by atoms with Crippen molar-refractivity contribution in [1.82, 2.24) is 14.3 Å². The van der Waals surface area contributed by atoms with Crippen LogP contribution in [0.4, 0.5) is 0 Å². The number of likely N-dealkylation sites (tertiary alicyclic amines) is 1. The minimum Gasteiger partial charge on any atom is -0.481 e. The Bertz CT molecular complexity index is 732. The summed E-state index contributed by atoms with van der Waals surface area (Å²) in [5.74, 6) is -0.690. The van der Waals surface area contributed by atoms with E-state index in [1.54, 1.807) is 11.0 Å². The molecule has 0 bridgehead atoms. The van der Waals surface area contributed by atoms with Crippen LogP contribution >= 0.6 is 0 Å². The number of carboxylic acid groups (broad SMARTS) is 1. The lowest BCUT2D eigenvalue weighted by atomic mass is 9.97. The first kappa shape index (κ1) is 15.3. The molecule has 122 valence electrons. The second-order valence-corrected chi connectivity index (χ2v) is 5.77. The van der Waals surface area contributed by atoms with Crippen LogP contribution < -0.4 is 4.74 Å². The van der Waals surface area contributed by atoms with Gasteiger partial charge in [-0.1, -0.05) is 0 Å². The van der Waals surface area contributed by atoms with E-state index in [1.165, 1.54) is 0 Å². The number of hydrogen-bond donors (Lipinski definition) is 1. The van der Waals surface area contributed by atoms with Crippen LogP contribution in [0, 0.1) is 12.8 Å². The highest BCUT2D eigenvalue weighted by Gasteiger charge is 2.27. The van der Waals surface area contributed by atoms with Gasteiger partial charge in [0.1, 0.15) is 0 Å². The number of amides is 1. The molecule has 0 spiro atoms. The summed E-state index contributed by atoms with van der Waals surface area (Å²) in [4.78, 5) is 29.2. The maximum Gasteiger partial charge on any atom is 0.306 e. The molecule has 23 heavy (non-hydrogen) atoms. The van der Waals surface area contributed by atoms with Gasteiger partial charge in [0.15, 0.2) is 18.0 Å². The molecule has 2 aromatic heterocycles. The second kappa shape index (κ2) is 6.28. The van der Waals surface area contributed by atoms with Crippen LogP contribution in [0.1, 0.15) is 18.5 Å². The molecule has 7 heteroatoms. The number of fused-ring (bicyclic) bond motifs is 1. The molecule has 1 aliphatic rings. The number of carbonyl (C=O) groups is 2. The molecule has 0 radical (unpaired) electrons. The molecule has 0 unspecified atom stereocenters. The van der Waals surface area contributed by atoms with Crippen molar-refractivity contribution in [2.45, 2.75) is 19.8 Å². The van der Waals surface area contributed by atoms with Gasteiger partial charge in [-0.15, -0.1) is 0 Å². The molecule has 1 fully saturated rings. The fourth-order valence-electron chi connectivity index (χ4n) is 2.83. The predicted octanol–water partition coefficient (Wildman–Crippen LogP) is 1.34. The van der Waals surface area contributed by atoms with E-state index in [0.717, 1.165) is 5.69 Å². The smallest absolute Gasteiger partial charge is 0.306 e. The molecule has 1 amide bonds. The van der Waals surface area contributed by atoms with Crippen molar-refractivity contribution in [3.8, 4) is 5.75 Å². The molecular weight excluding hydrogens is 298 g/mol. The number of aryl methyl sites for hydroxylation is 1. The summed E-state index contributed by atoms with van der Waals surface area (Å²) in [7, 11) is 0. The zero-order valence-electron chi connectivity index (χ0n) is 12.9. The molecule has 0 saturated carbocycles. The second-order valence-electron chi connectivity index (χ2n) is 5.77. The standard InChI is InChI=1S/C16H19N3O4/c1-11-9-19-6-2-3-13(15(19)17-11)23-10-14(20)18-7-4-12(5-8-18)16(21)22/h2-3,6,9,12H,4-5,7-8,10H2,1H3,(H,21,22). The van der Waals surface area contributed by atoms with E-state index in [1.807, 2.05) is 29.8 Å². The van der Waals surface area contributed by atoms with Crippen molar-refractivity contribution >= 4 is 17.5 Å². The maximum atomic E-state index is 12.2. The quantitative estimate of drug-likeness (QED) is 0.920. The van der Waals surface area contributed by atoms with Crippen LogP contribution in [-0.2, 0) is 9.59 Å². The first-order valence-corrected chi connectivity index (χ1v) is 7.62. The summed E-state index contributed by atoms with van der Waals surface area (Å²) in [5, 5.41) is 8.98. The van der Waals surface area contributed by atoms with Crippen LogP contribution in [0.5, 0.6) is 5.75 Å². The number of rotatable bonds is 4. The molecular formula is C16H19N3O4. The maximum absolute atomic E-state index is 12.2. The fourth-order valence-corrected chi connectivity index (χ4v) is 2.83. The number of aromatic nitrogens is 2. The first-order chi connectivity index (χ1) is 11.0. The van der Waals surface area contributed by atoms with E-state index >= 15 is 0 Å². The zero-order chi connectivity index (χ0) is 16.4. The Labute approximate surface area is 133 Å². The Hall–Kier alpha value is -2.57. The van der Waals surface area contributed by atoms with Gasteiger partial charge in [-0.3, -0.25) is 9.59 Å². The van der Waals surface area contributed by atoms with E-state index in [4.69, 9.17) is 9.84 Å². The lowest BCUT2D eigenvalue weighted by Gasteiger charge is -2.30. The van der Waals surface area contributed by atoms with Crippen molar-refractivity contribution in [1.29, 1.82) is 0 Å². The molecule has 0 aromatic carbocycles. The van der Waals surface area contributed by atoms with Crippen molar-refractivity contribution in [2.75, 3.05) is 19.7 Å². The number of pyridine rings is 1. The Balaban J connectivity index is 1.59. The number of nitrogens with zero attached hydrogens (tertiary/aromatic N) is 3. The average Bonchev–Trinajstić information content (AvgIpc) is 2.93. The number of carbonyl (C=O) groups excluding carboxylic acids is 1. The zero-order valence-corrected chi connectivity index (χ0v) is 12.9. The van der Waals surface area contributed by atoms with Gasteiger partial charge in [0.05, 0.1) is 11.6 Å². The third-order valence-electron chi connectivity index (χ3n) is 4.12. The predicted molar refractivity (Wildman–Crippen MR) is 82.4 cm³/mol. The van der Waals surface area contributed by atoms with Gasteiger partial charge in [-0.05, 0) is 31.9 Å². The van der Waals surface area contributed by atoms with Crippen molar-refractivity contribution < 1.29 is 19.4 Å². The normalized spacial score (nSPS) is 15.8. The van der Waals surface area contributed by atoms with E-state index in [2.05, 4.69) is 4.98 Å². The van der Waals surface area contributed by atoms with Gasteiger partial charge in [0.25, 0.3) is 5.91 Å². The van der Waals surface area contributed by atoms with Crippen LogP contribution in [-0.4, -0.2) is 51.0 Å². The minimum atomic E-state index is -0.783. The molecule has 0 atom stereocenters. The SMILES string of the molecule is Cc1cn2cccc(OCC(=O)N3CCC(C(=O)O)CC3)c2n1. The van der Waals surface area contributed by atoms with Gasteiger partial charge >= 0.3 is 5.97 Å². The van der Waals surface area contributed by atoms with Gasteiger partial charge in [-0.2, -0.15) is 0 Å². The van der Waals surface area contributed by atoms with Gasteiger partial charge in [-0.25, -0.2) is 4.98 Å². The molecule has 1 N–H and O–H groups in total. The lowest BCUT2D eigenvalue weighted by Crippen LogP contribution is -2.42. The third kappa shape index (κ3) is 3.28. The number of piperidine rings is 1. The molecule has 1 saturated heterocycles. The van der Waals surface area contributed by atoms with Crippen LogP contribution in [0.25, 0.3) is 5.65 Å². The summed E-state index contributed by atoms with van der Waals surface area (Å²) >= 11 is 0. The van der Waals surface area contributed by atoms with Crippen LogP contribution in [0.15, 0.2) is 24.5 Å². The van der Waals surface area contributed by atoms with Gasteiger partial charge in [0, 0.05) is 25.5 Å². The topological polar surface area (TPSA) is 84.1 Å². The molecule has 3 heterocycles. The van der Waals surface area contributed by atoms with E-state index in [0.29, 0.717) is 37.3 Å². The Morgan fingerprint density at radius 3 is 2.83 bits per heavy atom. The summed E-state index contributed by atoms with van der Waals surface area (Å²) in [6, 6.07) is 3.62. The monoisotopic (exact) mass is 317 g/mol. The molecule has 2 aromatic rings. The Morgan fingerprint density at radius 1 is 1.39 bits per heavy atom. The van der Waals surface area contributed by atoms with Crippen LogP contribution in [0.2, 0.25) is 0 Å². The van der Waals surface area contributed by atoms with E-state index < -0.39 is 5.97 Å². The van der Waals surface area contributed by atoms with Gasteiger partial charge < -0.3 is 19.1 Å². The summed E-state index contributed by atoms with van der Waals surface area (Å²) < 4.78 is 7.49. The molecule has 3 rings (SSSR count). The lowest BCUT2D eigenvalue weighted by molar-refractivity contribution is -0.146. The van der Waals surface area contributed by atoms with Crippen molar-refractivity contribution in [3.05, 3.63) is 30.2 Å². The summed E-state index contributed by atoms with van der Waals surface area (Å²) in [6.45, 7) is 2.76. The van der Waals surface area contributed by atoms with Crippen molar-refractivity contribution in [2.24, 2.45) is 5.92 Å². The highest BCUT2D eigenvalue weighted by Crippen LogP contribution is 2.20. The molecule has 7 nitrogen and oxygen atoms in total. The number of imidazole rings is 1. The number of carboxylic acids is 1. The average molecular weight is 317 g/mol. The Morgan fingerprint density at radius 2 is 2.13 bits per heavy atom. The minimum absolute atomic E-state index is 0.0662. The number of aliphatic carboxylic acids is 1. The van der Waals surface area contributed by atoms with Crippen LogP contribution in [0.3, 0.4) is 0 Å². The van der Waals surface area contributed by atoms with E-state index in [-0.39, 0.29) is 18.4 Å². The molecule has 0 aliphatic carbocycles. The first-order valence-electron chi connectivity index (χ1n) is 7.62. The number of hydrogen-bond acceptors (Lipinski definition) is 4. The largest absolute Gasteiger partial charge is 0.481 e. The summed E-state index contributed by atoms with van der Waals surface area (Å²) in [5.41, 5.74) is 1.56. The highest BCUT2D eigenvalue weighted by atomic mass is 16.5. The molecule has 1 aliphatic heterocycles. The highest BCUT2D eigenvalue weighted by molar-refractivity contribution is 5.78. The van der Waals surface area contributed by atoms with E-state index in [9.17, 15) is 9.59 Å². The fraction of sp³-hybridized carbons (Fsp3) is 0.438. The Kier molecular flexibility index (Phi) is 4.18. The van der Waals surface area contributed by atoms with Crippen molar-refractivity contribution in [3.63, 3.8) is 0 Å². The number of ether oxygens (including phenoxy) is 1. The summed E-state index contributed by atoms with van der Waals surface area (Å²) in [6.07, 6.45) is 4.76. The third-order valence-corrected chi connectivity index (χ3v) is 4.12.